The summed E-state index contributed by atoms with van der Waals surface area (Å²) in [4.78, 5) is 14.3. The molecule has 51 heavy (non-hydrogen) atoms. The predicted molar refractivity (Wildman–Crippen MR) is 201 cm³/mol. The van der Waals surface area contributed by atoms with Gasteiger partial charge >= 0.3 is 0 Å². The van der Waals surface area contributed by atoms with Crippen LogP contribution in [-0.4, -0.2) is 40.5 Å². The summed E-state index contributed by atoms with van der Waals surface area (Å²) in [7, 11) is 0. The maximum atomic E-state index is 3.38. The average Bonchev–Trinajstić information content (AvgIpc) is 3.79. The van der Waals surface area contributed by atoms with E-state index in [0.29, 0.717) is 0 Å². The molecule has 0 aliphatic carbocycles. The number of hydrogen-bond donors (Lipinski definition) is 0. The molecule has 5 heterocycles. The van der Waals surface area contributed by atoms with E-state index in [2.05, 4.69) is 161 Å². The molecule has 5 aliphatic heterocycles. The molecule has 263 valence electrons. The van der Waals surface area contributed by atoms with Gasteiger partial charge in [-0.15, -0.1) is 34.5 Å². The van der Waals surface area contributed by atoms with Crippen molar-refractivity contribution in [3.63, 3.8) is 0 Å². The second-order valence-electron chi connectivity index (χ2n) is 14.0. The fourth-order valence-corrected chi connectivity index (χ4v) is 8.14. The minimum absolute atomic E-state index is 0. The quantitative estimate of drug-likeness (QED) is 0.174. The third kappa shape index (κ3) is 6.28. The first kappa shape index (κ1) is 33.4. The standard InChI is InChI=1S/C44H42N6.Ir/c1-32-26-47(39-12-6-4-7-13-39)30-45(32)20-18-35-22-36-19-21-49-34(3)28-50-43-17-11-10-16-41(43)38(25-42(44(49)50)37(23-35)24-36)29-46-31-48(27-33(46)2)40-14-8-5-9-15-40;/h4-12,14,16-17,22-24,26-28,30-31,44H,18-21,25,29H2,1-3H3;/q-6;. The van der Waals surface area contributed by atoms with Gasteiger partial charge in [0.2, 0.25) is 0 Å². The molecule has 1 unspecified atom stereocenters. The van der Waals surface area contributed by atoms with Crippen LogP contribution in [0, 0.1) is 37.3 Å². The van der Waals surface area contributed by atoms with Crippen LogP contribution in [-0.2, 0) is 32.9 Å². The first-order valence-electron chi connectivity index (χ1n) is 17.8. The maximum absolute atomic E-state index is 3.38. The SMILES string of the molecule is CC1=CN(c2[c-]cccc2)[CH-]N1CCc1cc2cc(c1)[C-]1C[C-](CN3[CH-]N(c4[c-]cccc4)C=C3C)c3ccccc3N3C=C(C)N(CC2)C13.[Ir]. The number of nitrogens with zero attached hydrogens (tertiary/aromatic N) is 6. The normalized spacial score (nSPS) is 19.2. The summed E-state index contributed by atoms with van der Waals surface area (Å²) in [6, 6.07) is 39.5. The molecule has 0 amide bonds. The van der Waals surface area contributed by atoms with Gasteiger partial charge in [0.15, 0.2) is 0 Å². The molecule has 0 N–H and O–H groups in total. The van der Waals surface area contributed by atoms with E-state index in [0.717, 1.165) is 50.3 Å². The third-order valence-corrected chi connectivity index (χ3v) is 10.7. The smallest absolute Gasteiger partial charge is 0.0710 e. The zero-order valence-electron chi connectivity index (χ0n) is 29.4. The Bertz CT molecular complexity index is 1970. The van der Waals surface area contributed by atoms with Gasteiger partial charge in [0.1, 0.15) is 0 Å². The molecule has 0 aromatic heterocycles. The second kappa shape index (κ2) is 13.8. The van der Waals surface area contributed by atoms with Gasteiger partial charge in [-0.3, -0.25) is 0 Å². The van der Waals surface area contributed by atoms with Crippen LogP contribution in [0.4, 0.5) is 17.1 Å². The van der Waals surface area contributed by atoms with Crippen LogP contribution in [0.25, 0.3) is 0 Å². The summed E-state index contributed by atoms with van der Waals surface area (Å²) in [5.74, 6) is 2.92. The van der Waals surface area contributed by atoms with Crippen LogP contribution >= 0.6 is 0 Å². The Hall–Kier alpha value is -4.71. The Kier molecular flexibility index (Phi) is 9.03. The topological polar surface area (TPSA) is 19.4 Å². The van der Waals surface area contributed by atoms with Crippen molar-refractivity contribution in [1.82, 2.24) is 14.7 Å². The molecule has 0 saturated heterocycles. The Morgan fingerprint density at radius 2 is 1.45 bits per heavy atom. The van der Waals surface area contributed by atoms with Gasteiger partial charge in [-0.2, -0.15) is 109 Å². The minimum atomic E-state index is 0. The first-order valence-corrected chi connectivity index (χ1v) is 17.8. The summed E-state index contributed by atoms with van der Waals surface area (Å²) in [5.41, 5.74) is 12.8. The van der Waals surface area contributed by atoms with Crippen molar-refractivity contribution in [3.05, 3.63) is 186 Å². The van der Waals surface area contributed by atoms with Gasteiger partial charge in [0.05, 0.1) is 6.17 Å². The molecule has 0 saturated carbocycles. The van der Waals surface area contributed by atoms with Crippen LogP contribution < -0.4 is 14.7 Å². The van der Waals surface area contributed by atoms with Crippen molar-refractivity contribution < 1.29 is 20.1 Å². The van der Waals surface area contributed by atoms with Crippen LogP contribution in [0.1, 0.15) is 49.4 Å². The van der Waals surface area contributed by atoms with Crippen molar-refractivity contribution in [2.24, 2.45) is 0 Å². The van der Waals surface area contributed by atoms with Crippen molar-refractivity contribution in [1.29, 1.82) is 0 Å². The van der Waals surface area contributed by atoms with Crippen molar-refractivity contribution in [2.75, 3.05) is 34.3 Å². The zero-order chi connectivity index (χ0) is 33.8. The van der Waals surface area contributed by atoms with E-state index in [-0.39, 0.29) is 26.3 Å². The molecule has 0 spiro atoms. The zero-order valence-corrected chi connectivity index (χ0v) is 31.8. The Labute approximate surface area is 317 Å². The van der Waals surface area contributed by atoms with Crippen LogP contribution in [0.3, 0.4) is 0 Å². The number of benzene rings is 4. The molecule has 1 atom stereocenters. The van der Waals surface area contributed by atoms with Gasteiger partial charge in [0.25, 0.3) is 0 Å². The number of hydrogen-bond acceptors (Lipinski definition) is 6. The van der Waals surface area contributed by atoms with Gasteiger partial charge in [-0.25, -0.2) is 0 Å². The van der Waals surface area contributed by atoms with Crippen LogP contribution in [0.15, 0.2) is 127 Å². The first-order chi connectivity index (χ1) is 24.5. The molecular formula is C44H42IrN6-6. The largest absolute Gasteiger partial charge is 0.511 e. The maximum Gasteiger partial charge on any atom is 0.0710 e. The Morgan fingerprint density at radius 3 is 2.18 bits per heavy atom. The van der Waals surface area contributed by atoms with Crippen LogP contribution in [0.5, 0.6) is 0 Å². The van der Waals surface area contributed by atoms with Crippen molar-refractivity contribution in [2.45, 2.75) is 46.2 Å². The number of fused-ring (bicyclic) bond motifs is 5. The molecule has 5 aliphatic rings. The molecule has 6 nitrogen and oxygen atoms in total. The van der Waals surface area contributed by atoms with Gasteiger partial charge in [0, 0.05) is 38.5 Å². The molecule has 1 radical (unpaired) electrons. The second-order valence-corrected chi connectivity index (χ2v) is 14.0. The number of rotatable bonds is 7. The Morgan fingerprint density at radius 1 is 0.765 bits per heavy atom. The van der Waals surface area contributed by atoms with E-state index in [4.69, 9.17) is 0 Å². The molecule has 9 rings (SSSR count). The van der Waals surface area contributed by atoms with Gasteiger partial charge < -0.3 is 29.4 Å². The summed E-state index contributed by atoms with van der Waals surface area (Å²) in [6.07, 6.45) is 9.90. The summed E-state index contributed by atoms with van der Waals surface area (Å²) in [5, 5.41) is 0. The fraction of sp³-hybridized carbons (Fsp3) is 0.227. The minimum Gasteiger partial charge on any atom is -0.511 e. The van der Waals surface area contributed by atoms with Crippen LogP contribution in [0.2, 0.25) is 0 Å². The summed E-state index contributed by atoms with van der Waals surface area (Å²) >= 11 is 0. The van der Waals surface area contributed by atoms with Gasteiger partial charge in [-0.05, 0) is 70.5 Å². The molecule has 2 bridgehead atoms. The van der Waals surface area contributed by atoms with E-state index in [1.165, 1.54) is 56.9 Å². The monoisotopic (exact) mass is 847 g/mol. The number of para-hydroxylation sites is 3. The van der Waals surface area contributed by atoms with E-state index in [1.807, 2.05) is 24.3 Å². The third-order valence-electron chi connectivity index (χ3n) is 10.7. The number of allylic oxidation sites excluding steroid dienone is 3. The van der Waals surface area contributed by atoms with E-state index >= 15 is 0 Å². The summed E-state index contributed by atoms with van der Waals surface area (Å²) in [6.45, 7) is 13.9. The van der Waals surface area contributed by atoms with Gasteiger partial charge in [-0.1, -0.05) is 30.3 Å². The van der Waals surface area contributed by atoms with Crippen molar-refractivity contribution in [3.8, 4) is 0 Å². The molecule has 4 aromatic rings. The Balaban J connectivity index is 0.00000374. The van der Waals surface area contributed by atoms with E-state index in [9.17, 15) is 0 Å². The average molecular weight is 847 g/mol. The van der Waals surface area contributed by atoms with Crippen molar-refractivity contribution >= 4 is 17.1 Å². The van der Waals surface area contributed by atoms with E-state index < -0.39 is 0 Å². The molecule has 7 heteroatoms. The predicted octanol–water partition coefficient (Wildman–Crippen LogP) is 8.25. The van der Waals surface area contributed by atoms with E-state index in [1.54, 1.807) is 0 Å². The summed E-state index contributed by atoms with van der Waals surface area (Å²) < 4.78 is 0. The molecule has 4 aromatic carbocycles. The molecule has 0 fully saturated rings. The fourth-order valence-electron chi connectivity index (χ4n) is 8.14. The molecular weight excluding hydrogens is 805 g/mol. The number of anilines is 3.